The van der Waals surface area contributed by atoms with Gasteiger partial charge in [0.05, 0.1) is 0 Å². The Morgan fingerprint density at radius 1 is 1.05 bits per heavy atom. The monoisotopic (exact) mass is 252 g/mol. The van der Waals surface area contributed by atoms with Crippen molar-refractivity contribution in [3.63, 3.8) is 0 Å². The van der Waals surface area contributed by atoms with Crippen LogP contribution >= 0.6 is 0 Å². The Hall–Kier alpha value is -1.80. The van der Waals surface area contributed by atoms with E-state index in [-0.39, 0.29) is 0 Å². The predicted molar refractivity (Wildman–Crippen MR) is 79.7 cm³/mol. The fourth-order valence-electron chi connectivity index (χ4n) is 2.99. The Kier molecular flexibility index (Phi) is 3.51. The highest BCUT2D eigenvalue weighted by molar-refractivity contribution is 5.40. The maximum atomic E-state index is 5.86. The summed E-state index contributed by atoms with van der Waals surface area (Å²) < 4.78 is 0. The second kappa shape index (κ2) is 5.45. The molecule has 1 saturated heterocycles. The van der Waals surface area contributed by atoms with Crippen LogP contribution in [0.1, 0.15) is 30.0 Å². The number of hydrogen-bond acceptors (Lipinski definition) is 2. The Balaban J connectivity index is 1.77. The third kappa shape index (κ3) is 2.79. The molecule has 19 heavy (non-hydrogen) atoms. The number of likely N-dealkylation sites (tertiary alicyclic amines) is 1. The van der Waals surface area contributed by atoms with Gasteiger partial charge in [-0.2, -0.15) is 0 Å². The van der Waals surface area contributed by atoms with Crippen LogP contribution in [0.5, 0.6) is 0 Å². The first-order valence-corrected chi connectivity index (χ1v) is 6.96. The van der Waals surface area contributed by atoms with Gasteiger partial charge in [-0.3, -0.25) is 4.90 Å². The predicted octanol–water partition coefficient (Wildman–Crippen LogP) is 3.61. The lowest BCUT2D eigenvalue weighted by molar-refractivity contribution is 0.248. The van der Waals surface area contributed by atoms with E-state index >= 15 is 0 Å². The van der Waals surface area contributed by atoms with E-state index in [4.69, 9.17) is 5.73 Å². The fourth-order valence-corrected chi connectivity index (χ4v) is 2.99. The number of anilines is 1. The first-order valence-electron chi connectivity index (χ1n) is 6.96. The lowest BCUT2D eigenvalue weighted by Crippen LogP contribution is -2.22. The van der Waals surface area contributed by atoms with Gasteiger partial charge >= 0.3 is 0 Å². The van der Waals surface area contributed by atoms with E-state index in [0.717, 1.165) is 12.2 Å². The van der Waals surface area contributed by atoms with Crippen molar-refractivity contribution < 1.29 is 0 Å². The third-order valence-electron chi connectivity index (χ3n) is 3.88. The molecule has 1 unspecified atom stereocenters. The topological polar surface area (TPSA) is 29.3 Å². The van der Waals surface area contributed by atoms with Gasteiger partial charge in [0.1, 0.15) is 0 Å². The molecule has 1 atom stereocenters. The number of hydrogen-bond donors (Lipinski definition) is 1. The van der Waals surface area contributed by atoms with Crippen LogP contribution in [0.2, 0.25) is 0 Å². The lowest BCUT2D eigenvalue weighted by Gasteiger charge is -2.25. The van der Waals surface area contributed by atoms with E-state index in [1.165, 1.54) is 30.5 Å². The molecule has 0 aliphatic carbocycles. The van der Waals surface area contributed by atoms with Crippen molar-refractivity contribution >= 4 is 5.69 Å². The molecule has 1 aliphatic rings. The maximum Gasteiger partial charge on any atom is 0.0352 e. The molecule has 3 rings (SSSR count). The standard InChI is InChI=1S/C17H20N2/c18-16-9-4-6-14(12-16)13-19-11-5-10-17(19)15-7-2-1-3-8-15/h1-4,6-9,12,17H,5,10-11,13,18H2. The summed E-state index contributed by atoms with van der Waals surface area (Å²) in [5, 5.41) is 0. The number of rotatable bonds is 3. The molecule has 2 aromatic rings. The molecule has 1 heterocycles. The summed E-state index contributed by atoms with van der Waals surface area (Å²) in [6, 6.07) is 19.6. The highest BCUT2D eigenvalue weighted by Crippen LogP contribution is 2.33. The fraction of sp³-hybridized carbons (Fsp3) is 0.294. The van der Waals surface area contributed by atoms with Crippen molar-refractivity contribution in [3.8, 4) is 0 Å². The van der Waals surface area contributed by atoms with Gasteiger partial charge in [0.25, 0.3) is 0 Å². The van der Waals surface area contributed by atoms with E-state index in [1.54, 1.807) is 0 Å². The van der Waals surface area contributed by atoms with E-state index < -0.39 is 0 Å². The molecule has 1 fully saturated rings. The van der Waals surface area contributed by atoms with Crippen molar-refractivity contribution in [2.24, 2.45) is 0 Å². The Labute approximate surface area is 114 Å². The van der Waals surface area contributed by atoms with Gasteiger partial charge in [0.15, 0.2) is 0 Å². The molecule has 2 N–H and O–H groups in total. The number of nitrogens with two attached hydrogens (primary N) is 1. The summed E-state index contributed by atoms with van der Waals surface area (Å²) in [6.45, 7) is 2.17. The first kappa shape index (κ1) is 12.2. The van der Waals surface area contributed by atoms with Crippen LogP contribution in [0, 0.1) is 0 Å². The van der Waals surface area contributed by atoms with Gasteiger partial charge in [0, 0.05) is 18.3 Å². The minimum absolute atomic E-state index is 0.558. The van der Waals surface area contributed by atoms with Crippen LogP contribution in [0.15, 0.2) is 54.6 Å². The molecular formula is C17H20N2. The first-order chi connectivity index (χ1) is 9.33. The molecule has 2 heteroatoms. The van der Waals surface area contributed by atoms with Crippen LogP contribution in [-0.2, 0) is 6.54 Å². The van der Waals surface area contributed by atoms with Gasteiger partial charge < -0.3 is 5.73 Å². The average molecular weight is 252 g/mol. The molecule has 0 aromatic heterocycles. The number of nitrogens with zero attached hydrogens (tertiary/aromatic N) is 1. The van der Waals surface area contributed by atoms with Gasteiger partial charge in [-0.1, -0.05) is 42.5 Å². The van der Waals surface area contributed by atoms with Crippen molar-refractivity contribution in [2.45, 2.75) is 25.4 Å². The largest absolute Gasteiger partial charge is 0.399 e. The second-order valence-electron chi connectivity index (χ2n) is 5.28. The van der Waals surface area contributed by atoms with E-state index in [0.29, 0.717) is 6.04 Å². The molecule has 2 aromatic carbocycles. The van der Waals surface area contributed by atoms with Crippen LogP contribution in [0.25, 0.3) is 0 Å². The third-order valence-corrected chi connectivity index (χ3v) is 3.88. The molecule has 0 spiro atoms. The molecule has 1 aliphatic heterocycles. The highest BCUT2D eigenvalue weighted by atomic mass is 15.2. The number of nitrogen functional groups attached to an aromatic ring is 1. The SMILES string of the molecule is Nc1cccc(CN2CCCC2c2ccccc2)c1. The minimum Gasteiger partial charge on any atom is -0.399 e. The summed E-state index contributed by atoms with van der Waals surface area (Å²) in [6.07, 6.45) is 2.54. The van der Waals surface area contributed by atoms with Gasteiger partial charge in [0.2, 0.25) is 0 Å². The van der Waals surface area contributed by atoms with Crippen molar-refractivity contribution in [2.75, 3.05) is 12.3 Å². The van der Waals surface area contributed by atoms with Gasteiger partial charge in [-0.05, 0) is 42.6 Å². The molecule has 98 valence electrons. The molecular weight excluding hydrogens is 232 g/mol. The van der Waals surface area contributed by atoms with Crippen molar-refractivity contribution in [1.29, 1.82) is 0 Å². The molecule has 0 bridgehead atoms. The second-order valence-corrected chi connectivity index (χ2v) is 5.28. The maximum absolute atomic E-state index is 5.86. The van der Waals surface area contributed by atoms with Gasteiger partial charge in [-0.15, -0.1) is 0 Å². The summed E-state index contributed by atoms with van der Waals surface area (Å²) in [4.78, 5) is 2.56. The molecule has 2 nitrogen and oxygen atoms in total. The summed E-state index contributed by atoms with van der Waals surface area (Å²) in [5.41, 5.74) is 9.46. The van der Waals surface area contributed by atoms with Crippen molar-refractivity contribution in [3.05, 3.63) is 65.7 Å². The summed E-state index contributed by atoms with van der Waals surface area (Å²) in [7, 11) is 0. The summed E-state index contributed by atoms with van der Waals surface area (Å²) in [5.74, 6) is 0. The zero-order valence-electron chi connectivity index (χ0n) is 11.1. The molecule has 0 amide bonds. The lowest BCUT2D eigenvalue weighted by atomic mass is 10.0. The smallest absolute Gasteiger partial charge is 0.0352 e. The zero-order chi connectivity index (χ0) is 13.1. The van der Waals surface area contributed by atoms with Gasteiger partial charge in [-0.25, -0.2) is 0 Å². The number of benzene rings is 2. The minimum atomic E-state index is 0.558. The quantitative estimate of drug-likeness (QED) is 0.846. The molecule has 0 radical (unpaired) electrons. The van der Waals surface area contributed by atoms with Crippen LogP contribution in [-0.4, -0.2) is 11.4 Å². The Morgan fingerprint density at radius 3 is 2.68 bits per heavy atom. The van der Waals surface area contributed by atoms with Crippen LogP contribution in [0.4, 0.5) is 5.69 Å². The van der Waals surface area contributed by atoms with E-state index in [1.807, 2.05) is 12.1 Å². The zero-order valence-corrected chi connectivity index (χ0v) is 11.1. The Morgan fingerprint density at radius 2 is 1.89 bits per heavy atom. The highest BCUT2D eigenvalue weighted by Gasteiger charge is 2.25. The normalized spacial score (nSPS) is 19.7. The van der Waals surface area contributed by atoms with E-state index in [9.17, 15) is 0 Å². The van der Waals surface area contributed by atoms with Crippen molar-refractivity contribution in [1.82, 2.24) is 4.90 Å². The molecule has 0 saturated carbocycles. The van der Waals surface area contributed by atoms with Crippen LogP contribution < -0.4 is 5.73 Å². The average Bonchev–Trinajstić information content (AvgIpc) is 2.88. The summed E-state index contributed by atoms with van der Waals surface area (Å²) >= 11 is 0. The Bertz CT molecular complexity index is 536. The van der Waals surface area contributed by atoms with E-state index in [2.05, 4.69) is 47.4 Å². The van der Waals surface area contributed by atoms with Crippen LogP contribution in [0.3, 0.4) is 0 Å².